The third-order valence-corrected chi connectivity index (χ3v) is 6.61. The average molecular weight is 378 g/mol. The third-order valence-electron chi connectivity index (χ3n) is 5.68. The minimum absolute atomic E-state index is 0.0346. The third kappa shape index (κ3) is 2.67. The van der Waals surface area contributed by atoms with Crippen LogP contribution in [-0.4, -0.2) is 21.1 Å². The molecule has 2 N–H and O–H groups in total. The standard InChI is InChI=1S/C17H20BrN3O2/c18-17-7-11-4-12(8-17)6-16(5-11,10-17)15(23)21-20-14(22)13-2-1-3-19-9-13/h1-3,9,11-12H,4-8,10H2,(H,20,22)(H,21,23). The normalized spacial score (nSPS) is 37.4. The molecule has 5 nitrogen and oxygen atoms in total. The summed E-state index contributed by atoms with van der Waals surface area (Å²) in [4.78, 5) is 28.8. The number of nitrogens with zero attached hydrogens (tertiary/aromatic N) is 1. The Hall–Kier alpha value is -1.43. The zero-order valence-electron chi connectivity index (χ0n) is 12.8. The van der Waals surface area contributed by atoms with Gasteiger partial charge in [-0.1, -0.05) is 15.9 Å². The Labute approximate surface area is 143 Å². The number of rotatable bonds is 2. The Morgan fingerprint density at radius 2 is 1.91 bits per heavy atom. The number of nitrogens with one attached hydrogen (secondary N) is 2. The van der Waals surface area contributed by atoms with Crippen molar-refractivity contribution in [1.29, 1.82) is 0 Å². The largest absolute Gasteiger partial charge is 0.273 e. The zero-order chi connectivity index (χ0) is 16.1. The highest BCUT2D eigenvalue weighted by atomic mass is 79.9. The van der Waals surface area contributed by atoms with Crippen LogP contribution in [0, 0.1) is 17.3 Å². The van der Waals surface area contributed by atoms with Gasteiger partial charge in [0.1, 0.15) is 0 Å². The number of pyridine rings is 1. The first-order chi connectivity index (χ1) is 11.0. The highest BCUT2D eigenvalue weighted by molar-refractivity contribution is 9.10. The van der Waals surface area contributed by atoms with Crippen LogP contribution in [0.4, 0.5) is 0 Å². The van der Waals surface area contributed by atoms with E-state index in [0.29, 0.717) is 17.4 Å². The maximum Gasteiger partial charge on any atom is 0.271 e. The highest BCUT2D eigenvalue weighted by Gasteiger charge is 2.59. The summed E-state index contributed by atoms with van der Waals surface area (Å²) in [7, 11) is 0. The molecule has 1 aromatic heterocycles. The van der Waals surface area contributed by atoms with Gasteiger partial charge in [0.25, 0.3) is 5.91 Å². The van der Waals surface area contributed by atoms with Crippen molar-refractivity contribution in [3.63, 3.8) is 0 Å². The summed E-state index contributed by atoms with van der Waals surface area (Å²) in [5.41, 5.74) is 5.33. The minimum Gasteiger partial charge on any atom is -0.273 e. The number of carbonyl (C=O) groups is 2. The van der Waals surface area contributed by atoms with Crippen LogP contribution in [0.2, 0.25) is 0 Å². The lowest BCUT2D eigenvalue weighted by molar-refractivity contribution is -0.144. The fraction of sp³-hybridized carbons (Fsp3) is 0.588. The van der Waals surface area contributed by atoms with E-state index in [1.54, 1.807) is 18.3 Å². The van der Waals surface area contributed by atoms with E-state index in [-0.39, 0.29) is 21.6 Å². The molecular weight excluding hydrogens is 358 g/mol. The summed E-state index contributed by atoms with van der Waals surface area (Å²) in [6.07, 6.45) is 9.49. The molecule has 0 saturated heterocycles. The summed E-state index contributed by atoms with van der Waals surface area (Å²) >= 11 is 3.90. The van der Waals surface area contributed by atoms with E-state index in [9.17, 15) is 9.59 Å². The number of hydrogen-bond donors (Lipinski definition) is 2. The Morgan fingerprint density at radius 3 is 2.52 bits per heavy atom. The lowest BCUT2D eigenvalue weighted by atomic mass is 9.49. The second-order valence-corrected chi connectivity index (χ2v) is 9.22. The van der Waals surface area contributed by atoms with E-state index < -0.39 is 0 Å². The summed E-state index contributed by atoms with van der Waals surface area (Å²) < 4.78 is 0.127. The summed E-state index contributed by atoms with van der Waals surface area (Å²) in [5, 5.41) is 0. The molecule has 0 spiro atoms. The van der Waals surface area contributed by atoms with Crippen molar-refractivity contribution < 1.29 is 9.59 Å². The van der Waals surface area contributed by atoms with Gasteiger partial charge in [-0.3, -0.25) is 25.4 Å². The van der Waals surface area contributed by atoms with Crippen molar-refractivity contribution in [2.24, 2.45) is 17.3 Å². The number of alkyl halides is 1. The van der Waals surface area contributed by atoms with E-state index in [1.807, 2.05) is 0 Å². The first kappa shape index (κ1) is 15.1. The number of hydrazine groups is 1. The Kier molecular flexibility index (Phi) is 3.48. The molecule has 23 heavy (non-hydrogen) atoms. The molecule has 4 aliphatic rings. The molecule has 1 heterocycles. The first-order valence-corrected chi connectivity index (χ1v) is 8.97. The molecule has 1 aromatic rings. The van der Waals surface area contributed by atoms with Crippen molar-refractivity contribution >= 4 is 27.7 Å². The van der Waals surface area contributed by atoms with Crippen LogP contribution in [0.25, 0.3) is 0 Å². The molecule has 122 valence electrons. The number of halogens is 1. The van der Waals surface area contributed by atoms with Crippen LogP contribution in [0.1, 0.15) is 48.9 Å². The van der Waals surface area contributed by atoms with Crippen molar-refractivity contribution in [3.05, 3.63) is 30.1 Å². The van der Waals surface area contributed by atoms with Gasteiger partial charge in [-0.15, -0.1) is 0 Å². The topological polar surface area (TPSA) is 71.1 Å². The van der Waals surface area contributed by atoms with Gasteiger partial charge in [-0.2, -0.15) is 0 Å². The van der Waals surface area contributed by atoms with Gasteiger partial charge in [0.15, 0.2) is 0 Å². The van der Waals surface area contributed by atoms with E-state index >= 15 is 0 Å². The Morgan fingerprint density at radius 1 is 1.17 bits per heavy atom. The minimum atomic E-state index is -0.329. The smallest absolute Gasteiger partial charge is 0.271 e. The van der Waals surface area contributed by atoms with Crippen molar-refractivity contribution in [2.75, 3.05) is 0 Å². The number of aromatic nitrogens is 1. The van der Waals surface area contributed by atoms with E-state index in [1.165, 1.54) is 25.5 Å². The molecule has 0 aromatic carbocycles. The van der Waals surface area contributed by atoms with Gasteiger partial charge in [0.05, 0.1) is 11.0 Å². The predicted molar refractivity (Wildman–Crippen MR) is 88.6 cm³/mol. The van der Waals surface area contributed by atoms with Gasteiger partial charge < -0.3 is 0 Å². The highest BCUT2D eigenvalue weighted by Crippen LogP contribution is 2.64. The molecule has 2 amide bonds. The molecule has 0 aliphatic heterocycles. The molecule has 5 rings (SSSR count). The maximum atomic E-state index is 12.8. The molecule has 2 unspecified atom stereocenters. The van der Waals surface area contributed by atoms with Crippen molar-refractivity contribution in [1.82, 2.24) is 15.8 Å². The van der Waals surface area contributed by atoms with Crippen LogP contribution in [0.15, 0.2) is 24.5 Å². The lowest BCUT2D eigenvalue weighted by Crippen LogP contribution is -2.60. The summed E-state index contributed by atoms with van der Waals surface area (Å²) in [5.74, 6) is 0.906. The van der Waals surface area contributed by atoms with Crippen LogP contribution in [0.3, 0.4) is 0 Å². The summed E-state index contributed by atoms with van der Waals surface area (Å²) in [6, 6.07) is 3.37. The monoisotopic (exact) mass is 377 g/mol. The SMILES string of the molecule is O=C(NNC(=O)C12CC3CC(CC(Br)(C3)C1)C2)c1cccnc1. The van der Waals surface area contributed by atoms with E-state index in [4.69, 9.17) is 0 Å². The Bertz CT molecular complexity index is 634. The van der Waals surface area contributed by atoms with Gasteiger partial charge in [0.2, 0.25) is 5.91 Å². The first-order valence-electron chi connectivity index (χ1n) is 8.18. The average Bonchev–Trinajstić information content (AvgIpc) is 2.50. The van der Waals surface area contributed by atoms with Gasteiger partial charge in [-0.05, 0) is 62.5 Å². The maximum absolute atomic E-state index is 12.8. The number of hydrogen-bond acceptors (Lipinski definition) is 3. The fourth-order valence-corrected chi connectivity index (χ4v) is 6.68. The molecule has 6 heteroatoms. The molecular formula is C17H20BrN3O2. The van der Waals surface area contributed by atoms with Crippen LogP contribution in [0.5, 0.6) is 0 Å². The molecule has 4 saturated carbocycles. The van der Waals surface area contributed by atoms with Gasteiger partial charge in [-0.25, -0.2) is 0 Å². The van der Waals surface area contributed by atoms with Crippen molar-refractivity contribution in [2.45, 2.75) is 42.8 Å². The molecule has 2 atom stereocenters. The zero-order valence-corrected chi connectivity index (χ0v) is 14.4. The van der Waals surface area contributed by atoms with Crippen LogP contribution in [-0.2, 0) is 4.79 Å². The van der Waals surface area contributed by atoms with Crippen molar-refractivity contribution in [3.8, 4) is 0 Å². The molecule has 4 bridgehead atoms. The van der Waals surface area contributed by atoms with Crippen LogP contribution < -0.4 is 10.9 Å². The number of carbonyl (C=O) groups excluding carboxylic acids is 2. The molecule has 4 aliphatic carbocycles. The Balaban J connectivity index is 1.44. The second kappa shape index (κ2) is 5.30. The van der Waals surface area contributed by atoms with E-state index in [0.717, 1.165) is 19.3 Å². The lowest BCUT2D eigenvalue weighted by Gasteiger charge is -2.59. The predicted octanol–water partition coefficient (Wildman–Crippen LogP) is 2.58. The summed E-state index contributed by atoms with van der Waals surface area (Å²) in [6.45, 7) is 0. The number of amides is 2. The fourth-order valence-electron chi connectivity index (χ4n) is 5.23. The second-order valence-electron chi connectivity index (χ2n) is 7.54. The quantitative estimate of drug-likeness (QED) is 0.614. The molecule has 0 radical (unpaired) electrons. The molecule has 4 fully saturated rings. The van der Waals surface area contributed by atoms with Crippen LogP contribution >= 0.6 is 15.9 Å². The van der Waals surface area contributed by atoms with E-state index in [2.05, 4.69) is 31.8 Å². The van der Waals surface area contributed by atoms with Gasteiger partial charge >= 0.3 is 0 Å². The van der Waals surface area contributed by atoms with Gasteiger partial charge in [0, 0.05) is 16.7 Å².